The standard InChI is InChI=1S/C10H14N4O.CH4/c1-7-5-10(15)14(12-7)9-4-3-8(11)6-13(9)2;/h3-5,12H,6,11H2,1-2H3;1H4. The molecule has 1 aromatic rings. The molecule has 88 valence electrons. The summed E-state index contributed by atoms with van der Waals surface area (Å²) in [5.41, 5.74) is 7.26. The smallest absolute Gasteiger partial charge is 0.272 e. The Morgan fingerprint density at radius 3 is 2.62 bits per heavy atom. The Kier molecular flexibility index (Phi) is 3.27. The number of nitrogens with zero attached hydrogens (tertiary/aromatic N) is 2. The lowest BCUT2D eigenvalue weighted by Crippen LogP contribution is -2.32. The maximum absolute atomic E-state index is 11.6. The number of aromatic amines is 1. The van der Waals surface area contributed by atoms with Crippen molar-refractivity contribution >= 4 is 5.82 Å². The molecule has 2 rings (SSSR count). The molecule has 0 aromatic carbocycles. The second-order valence-corrected chi connectivity index (χ2v) is 3.74. The second kappa shape index (κ2) is 4.30. The maximum Gasteiger partial charge on any atom is 0.272 e. The van der Waals surface area contributed by atoms with E-state index in [1.54, 1.807) is 6.07 Å². The number of hydrogen-bond acceptors (Lipinski definition) is 3. The van der Waals surface area contributed by atoms with Gasteiger partial charge in [0.05, 0.1) is 6.54 Å². The van der Waals surface area contributed by atoms with Crippen LogP contribution >= 0.6 is 0 Å². The average Bonchev–Trinajstić information content (AvgIpc) is 2.45. The van der Waals surface area contributed by atoms with Crippen LogP contribution in [0.2, 0.25) is 0 Å². The minimum atomic E-state index is -0.0560. The molecule has 0 amide bonds. The topological polar surface area (TPSA) is 67.0 Å². The summed E-state index contributed by atoms with van der Waals surface area (Å²) >= 11 is 0. The molecular weight excluding hydrogens is 204 g/mol. The van der Waals surface area contributed by atoms with Crippen LogP contribution in [0.15, 0.2) is 28.7 Å². The van der Waals surface area contributed by atoms with Crippen LogP contribution < -0.4 is 11.3 Å². The molecule has 1 aromatic heterocycles. The number of H-pyrrole nitrogens is 1. The van der Waals surface area contributed by atoms with Crippen LogP contribution in [0, 0.1) is 6.92 Å². The first-order chi connectivity index (χ1) is 7.08. The van der Waals surface area contributed by atoms with E-state index < -0.39 is 0 Å². The quantitative estimate of drug-likeness (QED) is 0.735. The van der Waals surface area contributed by atoms with Gasteiger partial charge in [0.1, 0.15) is 5.82 Å². The Balaban J connectivity index is 0.00000128. The lowest BCUT2D eigenvalue weighted by atomic mass is 10.3. The molecule has 0 radical (unpaired) electrons. The van der Waals surface area contributed by atoms with Crippen molar-refractivity contribution in [1.82, 2.24) is 14.7 Å². The molecule has 0 aliphatic carbocycles. The van der Waals surface area contributed by atoms with Gasteiger partial charge in [0.25, 0.3) is 5.56 Å². The van der Waals surface area contributed by atoms with Gasteiger partial charge in [0.2, 0.25) is 0 Å². The Morgan fingerprint density at radius 1 is 1.44 bits per heavy atom. The molecule has 1 aliphatic heterocycles. The Hall–Kier alpha value is -1.91. The summed E-state index contributed by atoms with van der Waals surface area (Å²) in [7, 11) is 1.90. The summed E-state index contributed by atoms with van der Waals surface area (Å²) in [6, 6.07) is 1.57. The van der Waals surface area contributed by atoms with Crippen molar-refractivity contribution in [2.45, 2.75) is 14.4 Å². The van der Waals surface area contributed by atoms with Gasteiger partial charge in [-0.1, -0.05) is 7.43 Å². The van der Waals surface area contributed by atoms with E-state index in [2.05, 4.69) is 5.10 Å². The fourth-order valence-electron chi connectivity index (χ4n) is 1.65. The highest BCUT2D eigenvalue weighted by Gasteiger charge is 2.13. The number of aryl methyl sites for hydroxylation is 1. The molecule has 16 heavy (non-hydrogen) atoms. The molecule has 5 heteroatoms. The summed E-state index contributed by atoms with van der Waals surface area (Å²) in [5, 5.41) is 2.98. The van der Waals surface area contributed by atoms with Gasteiger partial charge in [-0.2, -0.15) is 0 Å². The predicted octanol–water partition coefficient (Wildman–Crippen LogP) is 0.707. The first kappa shape index (κ1) is 12.2. The van der Waals surface area contributed by atoms with Gasteiger partial charge < -0.3 is 10.6 Å². The number of nitrogens with two attached hydrogens (primary N) is 1. The minimum Gasteiger partial charge on any atom is -0.401 e. The molecule has 3 N–H and O–H groups in total. The van der Waals surface area contributed by atoms with Gasteiger partial charge in [-0.05, 0) is 19.1 Å². The van der Waals surface area contributed by atoms with E-state index in [0.29, 0.717) is 6.54 Å². The van der Waals surface area contributed by atoms with E-state index in [4.69, 9.17) is 5.73 Å². The first-order valence-corrected chi connectivity index (χ1v) is 4.74. The van der Waals surface area contributed by atoms with Crippen LogP contribution in [0.4, 0.5) is 0 Å². The van der Waals surface area contributed by atoms with E-state index in [0.717, 1.165) is 17.2 Å². The Bertz CT molecular complexity index is 492. The number of allylic oxidation sites excluding steroid dienone is 2. The van der Waals surface area contributed by atoms with Crippen molar-refractivity contribution in [1.29, 1.82) is 0 Å². The molecule has 2 heterocycles. The Morgan fingerprint density at radius 2 is 2.12 bits per heavy atom. The van der Waals surface area contributed by atoms with Crippen LogP contribution in [0.3, 0.4) is 0 Å². The van der Waals surface area contributed by atoms with Crippen LogP contribution in [0.5, 0.6) is 0 Å². The van der Waals surface area contributed by atoms with Crippen molar-refractivity contribution in [3.63, 3.8) is 0 Å². The molecule has 0 spiro atoms. The van der Waals surface area contributed by atoms with Crippen LogP contribution in [0.1, 0.15) is 13.1 Å². The average molecular weight is 222 g/mol. The molecular formula is C11H18N4O. The highest BCUT2D eigenvalue weighted by molar-refractivity contribution is 5.48. The maximum atomic E-state index is 11.6. The summed E-state index contributed by atoms with van der Waals surface area (Å²) in [4.78, 5) is 13.5. The highest BCUT2D eigenvalue weighted by atomic mass is 16.1. The molecule has 5 nitrogen and oxygen atoms in total. The van der Waals surface area contributed by atoms with E-state index in [1.807, 2.05) is 31.0 Å². The highest BCUT2D eigenvalue weighted by Crippen LogP contribution is 2.12. The van der Waals surface area contributed by atoms with Crippen molar-refractivity contribution < 1.29 is 0 Å². The van der Waals surface area contributed by atoms with E-state index >= 15 is 0 Å². The van der Waals surface area contributed by atoms with Crippen molar-refractivity contribution in [3.05, 3.63) is 40.0 Å². The normalized spacial score (nSPS) is 15.2. The van der Waals surface area contributed by atoms with Crippen LogP contribution in [0.25, 0.3) is 5.82 Å². The summed E-state index contributed by atoms with van der Waals surface area (Å²) in [6.45, 7) is 2.49. The van der Waals surface area contributed by atoms with Crippen LogP contribution in [-0.4, -0.2) is 28.3 Å². The zero-order valence-electron chi connectivity index (χ0n) is 8.82. The van der Waals surface area contributed by atoms with Gasteiger partial charge >= 0.3 is 0 Å². The minimum absolute atomic E-state index is 0. The van der Waals surface area contributed by atoms with Gasteiger partial charge in [0, 0.05) is 24.5 Å². The molecule has 0 saturated carbocycles. The van der Waals surface area contributed by atoms with Gasteiger partial charge in [-0.3, -0.25) is 9.89 Å². The molecule has 0 atom stereocenters. The van der Waals surface area contributed by atoms with E-state index in [-0.39, 0.29) is 13.0 Å². The fourth-order valence-corrected chi connectivity index (χ4v) is 1.65. The largest absolute Gasteiger partial charge is 0.401 e. The number of nitrogens with one attached hydrogen (secondary N) is 1. The number of hydrogen-bond donors (Lipinski definition) is 2. The third kappa shape index (κ3) is 2.03. The van der Waals surface area contributed by atoms with Crippen molar-refractivity contribution in [2.24, 2.45) is 5.73 Å². The third-order valence-electron chi connectivity index (χ3n) is 2.33. The zero-order chi connectivity index (χ0) is 11.0. The van der Waals surface area contributed by atoms with Gasteiger partial charge in [-0.25, -0.2) is 4.68 Å². The molecule has 0 fully saturated rings. The Labute approximate surface area is 94.8 Å². The zero-order valence-corrected chi connectivity index (χ0v) is 8.82. The number of rotatable bonds is 1. The van der Waals surface area contributed by atoms with Gasteiger partial charge in [0.15, 0.2) is 0 Å². The van der Waals surface area contributed by atoms with E-state index in [9.17, 15) is 4.79 Å². The van der Waals surface area contributed by atoms with E-state index in [1.165, 1.54) is 4.68 Å². The first-order valence-electron chi connectivity index (χ1n) is 4.74. The lowest BCUT2D eigenvalue weighted by molar-refractivity contribution is 0.472. The summed E-state index contributed by atoms with van der Waals surface area (Å²) in [6.07, 6.45) is 3.65. The third-order valence-corrected chi connectivity index (χ3v) is 2.33. The second-order valence-electron chi connectivity index (χ2n) is 3.74. The van der Waals surface area contributed by atoms with Crippen molar-refractivity contribution in [2.75, 3.05) is 13.6 Å². The lowest BCUT2D eigenvalue weighted by Gasteiger charge is -2.25. The molecule has 0 bridgehead atoms. The number of aromatic nitrogens is 2. The van der Waals surface area contributed by atoms with Gasteiger partial charge in [-0.15, -0.1) is 0 Å². The summed E-state index contributed by atoms with van der Waals surface area (Å²) in [5.74, 6) is 0.808. The molecule has 1 aliphatic rings. The monoisotopic (exact) mass is 222 g/mol. The SMILES string of the molecule is C.Cc1cc(=O)n(C2=CC=C(N)CN2C)[nH]1. The predicted molar refractivity (Wildman–Crippen MR) is 65.7 cm³/mol. The number of likely N-dealkylation sites (N-methyl/N-ethyl adjacent to an activating group) is 1. The van der Waals surface area contributed by atoms with Crippen LogP contribution in [-0.2, 0) is 0 Å². The summed E-state index contributed by atoms with van der Waals surface area (Å²) < 4.78 is 1.51. The molecule has 0 saturated heterocycles. The molecule has 0 unspecified atom stereocenters. The fraction of sp³-hybridized carbons (Fsp3) is 0.364. The van der Waals surface area contributed by atoms with Crippen molar-refractivity contribution in [3.8, 4) is 0 Å².